The molecule has 2 bridgehead atoms. The van der Waals surface area contributed by atoms with Gasteiger partial charge in [0.15, 0.2) is 0 Å². The molecule has 16 heavy (non-hydrogen) atoms. The summed E-state index contributed by atoms with van der Waals surface area (Å²) in [5.74, 6) is 0.00333. The number of ketones is 1. The van der Waals surface area contributed by atoms with Crippen LogP contribution < -0.4 is 5.23 Å². The van der Waals surface area contributed by atoms with Crippen molar-refractivity contribution in [3.63, 3.8) is 0 Å². The molecule has 0 heterocycles. The predicted octanol–water partition coefficient (Wildman–Crippen LogP) is 0.371. The van der Waals surface area contributed by atoms with E-state index in [2.05, 4.69) is 0 Å². The van der Waals surface area contributed by atoms with Gasteiger partial charge in [0.2, 0.25) is 0 Å². The molecule has 0 aliphatic heterocycles. The maximum Gasteiger partial charge on any atom is 0.134 e. The van der Waals surface area contributed by atoms with Crippen molar-refractivity contribution in [2.24, 2.45) is 0 Å². The molecule has 1 unspecified atom stereocenters. The Morgan fingerprint density at radius 3 is 2.12 bits per heavy atom. The van der Waals surface area contributed by atoms with Gasteiger partial charge in [0.05, 0.1) is 0 Å². The van der Waals surface area contributed by atoms with Crippen LogP contribution in [0, 0.1) is 5.21 Å². The molecule has 2 N–H and O–H groups in total. The second-order valence-corrected chi connectivity index (χ2v) is 4.65. The number of fused-ring (bicyclic) bond motifs is 5. The Kier molecular flexibility index (Phi) is 2.10. The van der Waals surface area contributed by atoms with E-state index in [1.807, 2.05) is 24.3 Å². The van der Waals surface area contributed by atoms with Crippen molar-refractivity contribution < 1.29 is 15.2 Å². The molecule has 2 aliphatic carbocycles. The number of carbonyl (C=O) groups excluding carboxylic acids is 1. The largest absolute Gasteiger partial charge is 0.600 e. The summed E-state index contributed by atoms with van der Waals surface area (Å²) < 4.78 is 0. The highest BCUT2D eigenvalue weighted by Gasteiger charge is 2.49. The Labute approximate surface area is 93.0 Å². The highest BCUT2D eigenvalue weighted by atomic mass is 16.8. The number of hydroxylamine groups is 2. The van der Waals surface area contributed by atoms with E-state index in [9.17, 15) is 15.2 Å². The van der Waals surface area contributed by atoms with E-state index in [4.69, 9.17) is 0 Å². The number of carbonyl (C=O) groups is 1. The Bertz CT molecular complexity index is 409. The van der Waals surface area contributed by atoms with Crippen LogP contribution in [0.25, 0.3) is 0 Å². The fourth-order valence-electron chi connectivity index (χ4n) is 3.25. The third-order valence-corrected chi connectivity index (χ3v) is 3.84. The SMILES string of the molecule is O=C1C[C@H]2c3ccccc3[C@H](C1)C2[NH+]([O-])O. The third kappa shape index (κ3) is 1.24. The fourth-order valence-corrected chi connectivity index (χ4v) is 3.25. The van der Waals surface area contributed by atoms with Crippen LogP contribution in [0.4, 0.5) is 0 Å². The van der Waals surface area contributed by atoms with E-state index in [1.165, 1.54) is 0 Å². The molecule has 2 aliphatic rings. The summed E-state index contributed by atoms with van der Waals surface area (Å²) >= 11 is 0. The lowest BCUT2D eigenvalue weighted by molar-refractivity contribution is -1.07. The average Bonchev–Trinajstić information content (AvgIpc) is 2.47. The molecule has 1 aromatic rings. The lowest BCUT2D eigenvalue weighted by Crippen LogP contribution is -3.10. The summed E-state index contributed by atoms with van der Waals surface area (Å²) in [5, 5.41) is 19.8. The van der Waals surface area contributed by atoms with Gasteiger partial charge in [-0.2, -0.15) is 0 Å². The Balaban J connectivity index is 2.11. The molecule has 3 rings (SSSR count). The zero-order chi connectivity index (χ0) is 11.3. The smallest absolute Gasteiger partial charge is 0.134 e. The van der Waals surface area contributed by atoms with Gasteiger partial charge in [-0.3, -0.25) is 4.79 Å². The number of quaternary nitrogens is 1. The minimum atomic E-state index is -0.765. The van der Waals surface area contributed by atoms with E-state index in [0.29, 0.717) is 12.8 Å². The van der Waals surface area contributed by atoms with Crippen molar-refractivity contribution in [2.45, 2.75) is 30.7 Å². The van der Waals surface area contributed by atoms with E-state index < -0.39 is 11.3 Å². The Morgan fingerprint density at radius 2 is 1.69 bits per heavy atom. The zero-order valence-corrected chi connectivity index (χ0v) is 8.72. The number of Topliss-reactive ketones (excluding diaryl/α,β-unsaturated/α-hetero) is 1. The van der Waals surface area contributed by atoms with Gasteiger partial charge < -0.3 is 5.21 Å². The Morgan fingerprint density at radius 1 is 1.19 bits per heavy atom. The fraction of sp³-hybridized carbons (Fsp3) is 0.417. The molecule has 0 spiro atoms. The van der Waals surface area contributed by atoms with Gasteiger partial charge in [-0.1, -0.05) is 24.3 Å². The molecule has 0 saturated heterocycles. The van der Waals surface area contributed by atoms with Crippen molar-refractivity contribution >= 4 is 5.78 Å². The molecule has 1 saturated carbocycles. The molecule has 0 radical (unpaired) electrons. The highest BCUT2D eigenvalue weighted by Crippen LogP contribution is 2.48. The number of hydrogen-bond acceptors (Lipinski definition) is 3. The predicted molar refractivity (Wildman–Crippen MR) is 56.1 cm³/mol. The van der Waals surface area contributed by atoms with Crippen LogP contribution in [-0.4, -0.2) is 17.0 Å². The van der Waals surface area contributed by atoms with Gasteiger partial charge in [0.1, 0.15) is 11.8 Å². The van der Waals surface area contributed by atoms with Gasteiger partial charge >= 0.3 is 0 Å². The molecule has 4 heteroatoms. The Hall–Kier alpha value is -1.23. The van der Waals surface area contributed by atoms with Crippen LogP contribution in [0.3, 0.4) is 0 Å². The van der Waals surface area contributed by atoms with Crippen LogP contribution in [-0.2, 0) is 4.79 Å². The summed E-state index contributed by atoms with van der Waals surface area (Å²) in [5.41, 5.74) is 2.15. The summed E-state index contributed by atoms with van der Waals surface area (Å²) in [6.07, 6.45) is 0.787. The number of hydrogen-bond donors (Lipinski definition) is 2. The maximum absolute atomic E-state index is 11.6. The third-order valence-electron chi connectivity index (χ3n) is 3.84. The van der Waals surface area contributed by atoms with Crippen LogP contribution >= 0.6 is 0 Å². The first kappa shape index (κ1) is 9.96. The zero-order valence-electron chi connectivity index (χ0n) is 8.72. The minimum Gasteiger partial charge on any atom is -0.600 e. The molecule has 0 amide bonds. The van der Waals surface area contributed by atoms with E-state index >= 15 is 0 Å². The monoisotopic (exact) mass is 219 g/mol. The van der Waals surface area contributed by atoms with Crippen LogP contribution in [0.5, 0.6) is 0 Å². The number of rotatable bonds is 1. The van der Waals surface area contributed by atoms with Gasteiger partial charge in [0.25, 0.3) is 0 Å². The van der Waals surface area contributed by atoms with Crippen molar-refractivity contribution in [3.05, 3.63) is 40.6 Å². The minimum absolute atomic E-state index is 0.0973. The van der Waals surface area contributed by atoms with Crippen molar-refractivity contribution in [2.75, 3.05) is 0 Å². The van der Waals surface area contributed by atoms with Crippen molar-refractivity contribution in [3.8, 4) is 0 Å². The average molecular weight is 219 g/mol. The summed E-state index contributed by atoms with van der Waals surface area (Å²) in [7, 11) is 0. The second kappa shape index (κ2) is 3.38. The van der Waals surface area contributed by atoms with E-state index in [-0.39, 0.29) is 17.6 Å². The molecule has 3 atom stereocenters. The van der Waals surface area contributed by atoms with Gasteiger partial charge in [-0.25, -0.2) is 10.4 Å². The lowest BCUT2D eigenvalue weighted by Gasteiger charge is -2.33. The topological polar surface area (TPSA) is 64.8 Å². The van der Waals surface area contributed by atoms with E-state index in [1.54, 1.807) is 0 Å². The lowest BCUT2D eigenvalue weighted by atomic mass is 9.81. The highest BCUT2D eigenvalue weighted by molar-refractivity contribution is 5.83. The quantitative estimate of drug-likeness (QED) is 0.671. The number of benzene rings is 1. The number of nitrogens with one attached hydrogen (secondary N) is 1. The molecule has 1 aromatic carbocycles. The molecular formula is C12H13NO3. The summed E-state index contributed by atoms with van der Waals surface area (Å²) in [4.78, 5) is 11.6. The molecular weight excluding hydrogens is 206 g/mol. The molecule has 1 fully saturated rings. The van der Waals surface area contributed by atoms with E-state index in [0.717, 1.165) is 11.1 Å². The van der Waals surface area contributed by atoms with Crippen LogP contribution in [0.2, 0.25) is 0 Å². The maximum atomic E-state index is 11.6. The van der Waals surface area contributed by atoms with Gasteiger partial charge in [-0.15, -0.1) is 0 Å². The van der Waals surface area contributed by atoms with Crippen molar-refractivity contribution in [1.82, 2.24) is 0 Å². The van der Waals surface area contributed by atoms with Gasteiger partial charge in [-0.05, 0) is 11.1 Å². The molecule has 4 nitrogen and oxygen atoms in total. The van der Waals surface area contributed by atoms with Crippen molar-refractivity contribution in [1.29, 1.82) is 0 Å². The molecule has 0 aromatic heterocycles. The summed E-state index contributed by atoms with van der Waals surface area (Å²) in [6, 6.07) is 7.38. The van der Waals surface area contributed by atoms with Crippen LogP contribution in [0.1, 0.15) is 35.8 Å². The first-order chi connectivity index (χ1) is 7.68. The second-order valence-electron chi connectivity index (χ2n) is 4.65. The normalized spacial score (nSPS) is 33.6. The standard InChI is InChI=1S/C12H13NO3/c14-7-5-10-8-3-1-2-4-9(8)11(6-7)12(10)13(15)16/h1-4,10-13,15H,5-6H2/t10-,11-/m0/s1. The first-order valence-corrected chi connectivity index (χ1v) is 5.52. The first-order valence-electron chi connectivity index (χ1n) is 5.52. The molecule has 84 valence electrons. The van der Waals surface area contributed by atoms with Crippen LogP contribution in [0.15, 0.2) is 24.3 Å². The van der Waals surface area contributed by atoms with Gasteiger partial charge in [0, 0.05) is 24.7 Å². The summed E-state index contributed by atoms with van der Waals surface area (Å²) in [6.45, 7) is 0.